The van der Waals surface area contributed by atoms with Gasteiger partial charge < -0.3 is 14.6 Å². The summed E-state index contributed by atoms with van der Waals surface area (Å²) in [5, 5.41) is 8.94. The molecule has 1 aromatic rings. The Balaban J connectivity index is 2.55. The highest BCUT2D eigenvalue weighted by atomic mass is 19.4. The van der Waals surface area contributed by atoms with Crippen molar-refractivity contribution in [3.8, 4) is 11.5 Å². The number of benzene rings is 1. The molecule has 0 amide bonds. The van der Waals surface area contributed by atoms with E-state index in [2.05, 4.69) is 4.74 Å². The molecule has 4 nitrogen and oxygen atoms in total. The zero-order chi connectivity index (χ0) is 16.1. The maximum absolute atomic E-state index is 12.2. The van der Waals surface area contributed by atoms with Crippen LogP contribution in [0.5, 0.6) is 11.5 Å². The number of para-hydroxylation sites is 2. The minimum absolute atomic E-state index is 0.0250. The van der Waals surface area contributed by atoms with Gasteiger partial charge in [-0.3, -0.25) is 4.79 Å². The second kappa shape index (κ2) is 6.69. The summed E-state index contributed by atoms with van der Waals surface area (Å²) < 4.78 is 45.7. The summed E-state index contributed by atoms with van der Waals surface area (Å²) >= 11 is 0. The third-order valence-electron chi connectivity index (χ3n) is 2.86. The van der Waals surface area contributed by atoms with Gasteiger partial charge in [0.2, 0.25) is 0 Å². The molecule has 0 saturated carbocycles. The van der Waals surface area contributed by atoms with Crippen molar-refractivity contribution in [2.75, 3.05) is 6.61 Å². The summed E-state index contributed by atoms with van der Waals surface area (Å²) in [4.78, 5) is 10.9. The van der Waals surface area contributed by atoms with Gasteiger partial charge in [-0.25, -0.2) is 0 Å². The Morgan fingerprint density at radius 1 is 1.19 bits per heavy atom. The fraction of sp³-hybridized carbons (Fsp3) is 0.500. The number of halogens is 3. The van der Waals surface area contributed by atoms with Crippen molar-refractivity contribution in [3.05, 3.63) is 24.3 Å². The predicted molar refractivity (Wildman–Crippen MR) is 69.3 cm³/mol. The quantitative estimate of drug-likeness (QED) is 0.777. The standard InChI is InChI=1S/C14H17F3O4/c1-13(2,12(18)19)8-5-9-20-10-6-3-4-7-11(10)21-14(15,16)17/h3-4,6-7H,5,8-9H2,1-2H3,(H,18,19). The number of ether oxygens (including phenoxy) is 2. The number of carboxylic acid groups (broad SMARTS) is 1. The first-order valence-corrected chi connectivity index (χ1v) is 6.33. The number of alkyl halides is 3. The largest absolute Gasteiger partial charge is 0.573 e. The SMILES string of the molecule is CC(C)(CCCOc1ccccc1OC(F)(F)F)C(=O)O. The molecule has 1 rings (SSSR count). The Labute approximate surface area is 120 Å². The van der Waals surface area contributed by atoms with E-state index in [4.69, 9.17) is 9.84 Å². The zero-order valence-corrected chi connectivity index (χ0v) is 11.7. The van der Waals surface area contributed by atoms with Crippen molar-refractivity contribution < 1.29 is 32.5 Å². The summed E-state index contributed by atoms with van der Waals surface area (Å²) in [6.07, 6.45) is -4.03. The Kier molecular flexibility index (Phi) is 5.46. The van der Waals surface area contributed by atoms with Gasteiger partial charge in [0, 0.05) is 0 Å². The highest BCUT2D eigenvalue weighted by Crippen LogP contribution is 2.32. The first kappa shape index (κ1) is 17.1. The van der Waals surface area contributed by atoms with E-state index in [9.17, 15) is 18.0 Å². The number of aliphatic carboxylic acids is 1. The first-order chi connectivity index (χ1) is 9.62. The molecule has 1 aromatic carbocycles. The molecule has 0 fully saturated rings. The number of rotatable bonds is 7. The monoisotopic (exact) mass is 306 g/mol. The normalized spacial score (nSPS) is 12.0. The first-order valence-electron chi connectivity index (χ1n) is 6.33. The molecule has 7 heteroatoms. The maximum Gasteiger partial charge on any atom is 0.573 e. The average molecular weight is 306 g/mol. The van der Waals surface area contributed by atoms with Crippen LogP contribution >= 0.6 is 0 Å². The Morgan fingerprint density at radius 2 is 1.76 bits per heavy atom. The van der Waals surface area contributed by atoms with Crippen molar-refractivity contribution in [2.24, 2.45) is 5.41 Å². The lowest BCUT2D eigenvalue weighted by molar-refractivity contribution is -0.275. The number of carboxylic acids is 1. The molecule has 0 spiro atoms. The lowest BCUT2D eigenvalue weighted by Gasteiger charge is -2.19. The number of hydrogen-bond donors (Lipinski definition) is 1. The summed E-state index contributed by atoms with van der Waals surface area (Å²) in [5.74, 6) is -1.37. The maximum atomic E-state index is 12.2. The second-order valence-electron chi connectivity index (χ2n) is 5.14. The predicted octanol–water partition coefficient (Wildman–Crippen LogP) is 3.86. The minimum atomic E-state index is -4.79. The minimum Gasteiger partial charge on any atom is -0.490 e. The van der Waals surface area contributed by atoms with E-state index in [-0.39, 0.29) is 12.4 Å². The van der Waals surface area contributed by atoms with Gasteiger partial charge in [-0.2, -0.15) is 0 Å². The molecule has 0 aliphatic rings. The second-order valence-corrected chi connectivity index (χ2v) is 5.14. The van der Waals surface area contributed by atoms with Gasteiger partial charge in [0.15, 0.2) is 11.5 Å². The van der Waals surface area contributed by atoms with Gasteiger partial charge in [0.1, 0.15) is 0 Å². The summed E-state index contributed by atoms with van der Waals surface area (Å²) in [6, 6.07) is 5.45. The van der Waals surface area contributed by atoms with Crippen molar-refractivity contribution >= 4 is 5.97 Å². The molecule has 0 radical (unpaired) electrons. The van der Waals surface area contributed by atoms with E-state index in [0.29, 0.717) is 12.8 Å². The lowest BCUT2D eigenvalue weighted by atomic mass is 9.88. The van der Waals surface area contributed by atoms with Crippen LogP contribution < -0.4 is 9.47 Å². The van der Waals surface area contributed by atoms with E-state index in [1.807, 2.05) is 0 Å². The molecule has 21 heavy (non-hydrogen) atoms. The van der Waals surface area contributed by atoms with Crippen LogP contribution in [0, 0.1) is 5.41 Å². The third-order valence-corrected chi connectivity index (χ3v) is 2.86. The topological polar surface area (TPSA) is 55.8 Å². The number of hydrogen-bond acceptors (Lipinski definition) is 3. The van der Waals surface area contributed by atoms with E-state index < -0.39 is 23.5 Å². The molecular formula is C14H17F3O4. The van der Waals surface area contributed by atoms with Crippen LogP contribution in [0.3, 0.4) is 0 Å². The van der Waals surface area contributed by atoms with Gasteiger partial charge in [-0.15, -0.1) is 13.2 Å². The Morgan fingerprint density at radius 3 is 2.29 bits per heavy atom. The third kappa shape index (κ3) is 5.93. The van der Waals surface area contributed by atoms with Crippen molar-refractivity contribution in [1.29, 1.82) is 0 Å². The van der Waals surface area contributed by atoms with Gasteiger partial charge in [-0.05, 0) is 38.8 Å². The smallest absolute Gasteiger partial charge is 0.490 e. The zero-order valence-electron chi connectivity index (χ0n) is 11.7. The fourth-order valence-electron chi connectivity index (χ4n) is 1.58. The fourth-order valence-corrected chi connectivity index (χ4v) is 1.58. The van der Waals surface area contributed by atoms with Gasteiger partial charge >= 0.3 is 12.3 Å². The lowest BCUT2D eigenvalue weighted by Crippen LogP contribution is -2.24. The molecule has 0 saturated heterocycles. The molecule has 0 aliphatic heterocycles. The van der Waals surface area contributed by atoms with Crippen LogP contribution in [-0.2, 0) is 4.79 Å². The van der Waals surface area contributed by atoms with Crippen LogP contribution in [0.2, 0.25) is 0 Å². The molecule has 0 aliphatic carbocycles. The molecule has 0 unspecified atom stereocenters. The Hall–Kier alpha value is -1.92. The van der Waals surface area contributed by atoms with Crippen LogP contribution in [0.25, 0.3) is 0 Å². The van der Waals surface area contributed by atoms with Crippen molar-refractivity contribution in [3.63, 3.8) is 0 Å². The van der Waals surface area contributed by atoms with Crippen LogP contribution in [0.15, 0.2) is 24.3 Å². The molecule has 0 bridgehead atoms. The number of carbonyl (C=O) groups is 1. The van der Waals surface area contributed by atoms with Gasteiger partial charge in [0.05, 0.1) is 12.0 Å². The van der Waals surface area contributed by atoms with Gasteiger partial charge in [0.25, 0.3) is 0 Å². The molecule has 0 heterocycles. The van der Waals surface area contributed by atoms with Gasteiger partial charge in [-0.1, -0.05) is 12.1 Å². The average Bonchev–Trinajstić information content (AvgIpc) is 2.34. The van der Waals surface area contributed by atoms with Crippen molar-refractivity contribution in [1.82, 2.24) is 0 Å². The molecule has 0 aromatic heterocycles. The molecular weight excluding hydrogens is 289 g/mol. The summed E-state index contributed by atoms with van der Waals surface area (Å²) in [5.41, 5.74) is -0.897. The van der Waals surface area contributed by atoms with Crippen LogP contribution in [-0.4, -0.2) is 24.0 Å². The van der Waals surface area contributed by atoms with E-state index >= 15 is 0 Å². The van der Waals surface area contributed by atoms with E-state index in [0.717, 1.165) is 6.07 Å². The summed E-state index contributed by atoms with van der Waals surface area (Å²) in [7, 11) is 0. The highest BCUT2D eigenvalue weighted by Gasteiger charge is 2.32. The van der Waals surface area contributed by atoms with Crippen LogP contribution in [0.1, 0.15) is 26.7 Å². The Bertz CT molecular complexity index is 483. The molecule has 1 N–H and O–H groups in total. The van der Waals surface area contributed by atoms with Crippen molar-refractivity contribution in [2.45, 2.75) is 33.1 Å². The van der Waals surface area contributed by atoms with Crippen LogP contribution in [0.4, 0.5) is 13.2 Å². The molecule has 118 valence electrons. The summed E-state index contributed by atoms with van der Waals surface area (Å²) in [6.45, 7) is 3.26. The highest BCUT2D eigenvalue weighted by molar-refractivity contribution is 5.73. The van der Waals surface area contributed by atoms with E-state index in [1.165, 1.54) is 18.2 Å². The van der Waals surface area contributed by atoms with E-state index in [1.54, 1.807) is 13.8 Å². The molecule has 0 atom stereocenters.